The lowest BCUT2D eigenvalue weighted by Gasteiger charge is -2.18. The molecule has 3 rings (SSSR count). The van der Waals surface area contributed by atoms with Gasteiger partial charge < -0.3 is 9.84 Å². The zero-order chi connectivity index (χ0) is 26.0. The number of sulfonamides is 1. The molecule has 0 aliphatic carbocycles. The average Bonchev–Trinajstić information content (AvgIpc) is 2.78. The fourth-order valence-corrected chi connectivity index (χ4v) is 4.61. The first-order valence-electron chi connectivity index (χ1n) is 10.4. The summed E-state index contributed by atoms with van der Waals surface area (Å²) < 4.78 is 60.9. The Balaban J connectivity index is 1.76. The molecule has 2 N–H and O–H groups in total. The third-order valence-electron chi connectivity index (χ3n) is 4.92. The van der Waals surface area contributed by atoms with Crippen LogP contribution in [0.5, 0.6) is 5.88 Å². The number of rotatable bonds is 9. The topological polar surface area (TPSA) is 111 Å². The maximum atomic E-state index is 13.8. The third-order valence-corrected chi connectivity index (χ3v) is 7.02. The van der Waals surface area contributed by atoms with Crippen LogP contribution in [0, 0.1) is 18.6 Å². The van der Waals surface area contributed by atoms with E-state index >= 15 is 0 Å². The number of aromatic nitrogens is 2. The minimum Gasteiger partial charge on any atom is -0.472 e. The van der Waals surface area contributed by atoms with Crippen LogP contribution >= 0.6 is 15.9 Å². The van der Waals surface area contributed by atoms with Gasteiger partial charge in [0.05, 0.1) is 17.0 Å². The van der Waals surface area contributed by atoms with Crippen molar-refractivity contribution in [2.75, 3.05) is 6.54 Å². The van der Waals surface area contributed by atoms with Crippen molar-refractivity contribution in [3.8, 4) is 5.88 Å². The standard InChI is InChI=1S/C23H24BrF2N3O5S/c1-14-28-21(34-12-16-6-7-17(25)10-19(16)26)20(24)22(30)29(14)11-15-4-8-18(9-5-15)35(32,33)27-13-23(2,3)31/h4-10,27,31H,11-13H2,1-3H3. The molecule has 35 heavy (non-hydrogen) atoms. The highest BCUT2D eigenvalue weighted by Crippen LogP contribution is 2.21. The summed E-state index contributed by atoms with van der Waals surface area (Å²) in [5.74, 6) is -1.20. The highest BCUT2D eigenvalue weighted by atomic mass is 79.9. The van der Waals surface area contributed by atoms with E-state index < -0.39 is 32.8 Å². The third kappa shape index (κ3) is 6.94. The number of benzene rings is 2. The summed E-state index contributed by atoms with van der Waals surface area (Å²) in [5.41, 5.74) is -0.896. The molecule has 0 atom stereocenters. The summed E-state index contributed by atoms with van der Waals surface area (Å²) in [6, 6.07) is 9.04. The average molecular weight is 572 g/mol. The Labute approximate surface area is 209 Å². The van der Waals surface area contributed by atoms with E-state index in [1.807, 2.05) is 0 Å². The molecule has 0 radical (unpaired) electrons. The van der Waals surface area contributed by atoms with E-state index in [4.69, 9.17) is 4.74 Å². The Kier molecular flexibility index (Phi) is 8.10. The number of aliphatic hydroxyl groups is 1. The highest BCUT2D eigenvalue weighted by Gasteiger charge is 2.20. The molecule has 0 unspecified atom stereocenters. The minimum atomic E-state index is -3.81. The van der Waals surface area contributed by atoms with E-state index in [-0.39, 0.29) is 40.5 Å². The molecule has 1 aromatic heterocycles. The first-order valence-corrected chi connectivity index (χ1v) is 12.7. The van der Waals surface area contributed by atoms with E-state index in [1.54, 1.807) is 19.1 Å². The normalized spacial score (nSPS) is 12.1. The summed E-state index contributed by atoms with van der Waals surface area (Å²) in [4.78, 5) is 17.2. The summed E-state index contributed by atoms with van der Waals surface area (Å²) in [7, 11) is -3.81. The predicted molar refractivity (Wildman–Crippen MR) is 129 cm³/mol. The van der Waals surface area contributed by atoms with Gasteiger partial charge in [-0.3, -0.25) is 9.36 Å². The number of aryl methyl sites for hydroxylation is 1. The van der Waals surface area contributed by atoms with Crippen molar-refractivity contribution >= 4 is 26.0 Å². The van der Waals surface area contributed by atoms with E-state index in [9.17, 15) is 27.1 Å². The minimum absolute atomic E-state index is 0.0191. The van der Waals surface area contributed by atoms with Crippen LogP contribution in [0.4, 0.5) is 8.78 Å². The molecule has 1 heterocycles. The summed E-state index contributed by atoms with van der Waals surface area (Å²) in [6.45, 7) is 4.29. The number of nitrogens with one attached hydrogen (secondary N) is 1. The zero-order valence-corrected chi connectivity index (χ0v) is 21.6. The zero-order valence-electron chi connectivity index (χ0n) is 19.2. The SMILES string of the molecule is Cc1nc(OCc2ccc(F)cc2F)c(Br)c(=O)n1Cc1ccc(S(=O)(=O)NCC(C)(C)O)cc1. The van der Waals surface area contributed by atoms with Crippen LogP contribution in [0.15, 0.2) is 56.6 Å². The lowest BCUT2D eigenvalue weighted by atomic mass is 10.1. The van der Waals surface area contributed by atoms with Crippen LogP contribution in [0.3, 0.4) is 0 Å². The van der Waals surface area contributed by atoms with Gasteiger partial charge in [0, 0.05) is 18.2 Å². The maximum absolute atomic E-state index is 13.8. The van der Waals surface area contributed by atoms with Crippen molar-refractivity contribution in [1.29, 1.82) is 0 Å². The van der Waals surface area contributed by atoms with Crippen LogP contribution < -0.4 is 15.0 Å². The summed E-state index contributed by atoms with van der Waals surface area (Å²) in [5, 5.41) is 9.74. The number of hydrogen-bond acceptors (Lipinski definition) is 6. The van der Waals surface area contributed by atoms with Gasteiger partial charge in [-0.1, -0.05) is 12.1 Å². The first-order chi connectivity index (χ1) is 16.3. The molecular weight excluding hydrogens is 548 g/mol. The van der Waals surface area contributed by atoms with Crippen molar-refractivity contribution in [3.63, 3.8) is 0 Å². The number of hydrogen-bond donors (Lipinski definition) is 2. The Morgan fingerprint density at radius 2 is 1.83 bits per heavy atom. The van der Waals surface area contributed by atoms with Gasteiger partial charge in [-0.05, 0) is 66.5 Å². The van der Waals surface area contributed by atoms with Gasteiger partial charge in [0.1, 0.15) is 28.5 Å². The van der Waals surface area contributed by atoms with E-state index in [2.05, 4.69) is 25.6 Å². The molecule has 0 aliphatic heterocycles. The fraction of sp³-hybridized carbons (Fsp3) is 0.304. The van der Waals surface area contributed by atoms with Gasteiger partial charge in [-0.25, -0.2) is 21.9 Å². The fourth-order valence-electron chi connectivity index (χ4n) is 2.99. The van der Waals surface area contributed by atoms with Gasteiger partial charge in [0.15, 0.2) is 0 Å². The quantitative estimate of drug-likeness (QED) is 0.408. The molecule has 0 spiro atoms. The van der Waals surface area contributed by atoms with Gasteiger partial charge in [-0.15, -0.1) is 0 Å². The van der Waals surface area contributed by atoms with E-state index in [0.29, 0.717) is 11.4 Å². The maximum Gasteiger partial charge on any atom is 0.272 e. The Morgan fingerprint density at radius 1 is 1.17 bits per heavy atom. The molecule has 0 fully saturated rings. The second kappa shape index (κ2) is 10.5. The molecule has 0 saturated heterocycles. The van der Waals surface area contributed by atoms with Crippen LogP contribution in [0.1, 0.15) is 30.8 Å². The van der Waals surface area contributed by atoms with Crippen LogP contribution in [-0.4, -0.2) is 35.2 Å². The number of nitrogens with zero attached hydrogens (tertiary/aromatic N) is 2. The molecule has 0 amide bonds. The van der Waals surface area contributed by atoms with Crippen molar-refractivity contribution < 1.29 is 27.0 Å². The number of ether oxygens (including phenoxy) is 1. The van der Waals surface area contributed by atoms with E-state index in [1.165, 1.54) is 36.6 Å². The van der Waals surface area contributed by atoms with Crippen molar-refractivity contribution in [1.82, 2.24) is 14.3 Å². The summed E-state index contributed by atoms with van der Waals surface area (Å²) >= 11 is 3.17. The lowest BCUT2D eigenvalue weighted by molar-refractivity contribution is 0.0857. The van der Waals surface area contributed by atoms with Gasteiger partial charge >= 0.3 is 0 Å². The second-order valence-corrected chi connectivity index (χ2v) is 11.0. The van der Waals surface area contributed by atoms with Gasteiger partial charge in [0.2, 0.25) is 15.9 Å². The van der Waals surface area contributed by atoms with Crippen molar-refractivity contribution in [2.45, 2.75) is 44.4 Å². The first kappa shape index (κ1) is 26.9. The lowest BCUT2D eigenvalue weighted by Crippen LogP contribution is -2.38. The highest BCUT2D eigenvalue weighted by molar-refractivity contribution is 9.10. The van der Waals surface area contributed by atoms with Crippen LogP contribution in [0.25, 0.3) is 0 Å². The molecule has 0 aliphatic rings. The molecule has 8 nitrogen and oxygen atoms in total. The van der Waals surface area contributed by atoms with E-state index in [0.717, 1.165) is 12.1 Å². The smallest absolute Gasteiger partial charge is 0.272 e. The predicted octanol–water partition coefficient (Wildman–Crippen LogP) is 3.27. The largest absolute Gasteiger partial charge is 0.472 e. The van der Waals surface area contributed by atoms with Gasteiger partial charge in [-0.2, -0.15) is 4.98 Å². The molecule has 188 valence electrons. The Bertz CT molecular complexity index is 1390. The van der Waals surface area contributed by atoms with Crippen molar-refractivity contribution in [3.05, 3.63) is 85.9 Å². The molecule has 0 saturated carbocycles. The van der Waals surface area contributed by atoms with Crippen LogP contribution in [-0.2, 0) is 23.2 Å². The number of halogens is 3. The molecular formula is C23H24BrF2N3O5S. The van der Waals surface area contributed by atoms with Gasteiger partial charge in [0.25, 0.3) is 5.56 Å². The molecule has 2 aromatic carbocycles. The Morgan fingerprint density at radius 3 is 2.43 bits per heavy atom. The molecule has 12 heteroatoms. The summed E-state index contributed by atoms with van der Waals surface area (Å²) in [6.07, 6.45) is 0. The molecule has 0 bridgehead atoms. The van der Waals surface area contributed by atoms with Crippen molar-refractivity contribution in [2.24, 2.45) is 0 Å². The second-order valence-electron chi connectivity index (χ2n) is 8.47. The molecule has 3 aromatic rings. The van der Waals surface area contributed by atoms with Crippen LogP contribution in [0.2, 0.25) is 0 Å². The Hall–Kier alpha value is -2.67. The monoisotopic (exact) mass is 571 g/mol.